The van der Waals surface area contributed by atoms with Crippen molar-refractivity contribution in [1.82, 2.24) is 14.8 Å². The zero-order valence-corrected chi connectivity index (χ0v) is 17.6. The molecule has 1 aromatic carbocycles. The highest BCUT2D eigenvalue weighted by atomic mass is 32.2. The molecule has 3 aromatic rings. The van der Waals surface area contributed by atoms with Gasteiger partial charge in [0, 0.05) is 36.2 Å². The lowest BCUT2D eigenvalue weighted by Gasteiger charge is -2.19. The predicted molar refractivity (Wildman–Crippen MR) is 119 cm³/mol. The summed E-state index contributed by atoms with van der Waals surface area (Å²) in [7, 11) is 1.98. The zero-order chi connectivity index (χ0) is 20.4. The van der Waals surface area contributed by atoms with Crippen LogP contribution < -0.4 is 5.32 Å². The van der Waals surface area contributed by atoms with Gasteiger partial charge in [-0.15, -0.1) is 11.8 Å². The quantitative estimate of drug-likeness (QED) is 0.637. The Morgan fingerprint density at radius 2 is 2.17 bits per heavy atom. The highest BCUT2D eigenvalue weighted by molar-refractivity contribution is 7.99. The third-order valence-corrected chi connectivity index (χ3v) is 6.53. The standard InChI is InChI=1S/C23H24N4OS/c1-15-13-17(7-6-12-28)9-10-18(15)22-20-21(19-8-4-5-11-24-19)26-27(3)23(20)25-16(2)14-29-22/h4-5,8-11,13,16,22,25,28H,12,14H2,1-3H3/t16-,22+/m1/s1. The molecule has 1 aliphatic rings. The average Bonchev–Trinajstić information content (AvgIpc) is 2.93. The molecule has 148 valence electrons. The van der Waals surface area contributed by atoms with Crippen molar-refractivity contribution in [3.8, 4) is 23.2 Å². The Labute approximate surface area is 175 Å². The molecule has 0 bridgehead atoms. The van der Waals surface area contributed by atoms with Gasteiger partial charge in [-0.25, -0.2) is 0 Å². The fraction of sp³-hybridized carbons (Fsp3) is 0.304. The van der Waals surface area contributed by atoms with Crippen molar-refractivity contribution in [3.63, 3.8) is 0 Å². The summed E-state index contributed by atoms with van der Waals surface area (Å²) in [6.45, 7) is 4.20. The van der Waals surface area contributed by atoms with Crippen LogP contribution in [-0.2, 0) is 7.05 Å². The fourth-order valence-corrected chi connectivity index (χ4v) is 5.08. The first-order chi connectivity index (χ1) is 14.1. The molecule has 2 atom stereocenters. The number of fused-ring (bicyclic) bond motifs is 1. The Hall–Kier alpha value is -2.75. The number of pyridine rings is 1. The van der Waals surface area contributed by atoms with Gasteiger partial charge in [0.2, 0.25) is 0 Å². The summed E-state index contributed by atoms with van der Waals surface area (Å²) in [5, 5.41) is 17.6. The molecule has 0 unspecified atom stereocenters. The third kappa shape index (κ3) is 3.89. The number of hydrogen-bond acceptors (Lipinski definition) is 5. The molecule has 0 saturated carbocycles. The summed E-state index contributed by atoms with van der Waals surface area (Å²) in [6.07, 6.45) is 1.81. The Bertz CT molecular complexity index is 1080. The van der Waals surface area contributed by atoms with Crippen LogP contribution in [0.4, 0.5) is 5.82 Å². The van der Waals surface area contributed by atoms with Crippen LogP contribution in [0.15, 0.2) is 42.6 Å². The maximum atomic E-state index is 8.96. The lowest BCUT2D eigenvalue weighted by molar-refractivity contribution is 0.350. The minimum atomic E-state index is -0.130. The van der Waals surface area contributed by atoms with Gasteiger partial charge in [-0.3, -0.25) is 9.67 Å². The molecule has 5 nitrogen and oxygen atoms in total. The number of aliphatic hydroxyl groups is 1. The Morgan fingerprint density at radius 3 is 2.90 bits per heavy atom. The molecule has 0 saturated heterocycles. The summed E-state index contributed by atoms with van der Waals surface area (Å²) >= 11 is 1.93. The summed E-state index contributed by atoms with van der Waals surface area (Å²) in [6, 6.07) is 12.6. The molecule has 2 aromatic heterocycles. The van der Waals surface area contributed by atoms with E-state index in [0.717, 1.165) is 28.5 Å². The van der Waals surface area contributed by atoms with E-state index >= 15 is 0 Å². The van der Waals surface area contributed by atoms with Crippen LogP contribution >= 0.6 is 11.8 Å². The number of hydrogen-bond donors (Lipinski definition) is 2. The van der Waals surface area contributed by atoms with E-state index in [2.05, 4.69) is 48.1 Å². The third-order valence-electron chi connectivity index (χ3n) is 5.01. The van der Waals surface area contributed by atoms with E-state index in [1.54, 1.807) is 0 Å². The molecule has 2 N–H and O–H groups in total. The molecule has 0 radical (unpaired) electrons. The van der Waals surface area contributed by atoms with Crippen molar-refractivity contribution in [2.45, 2.75) is 25.1 Å². The lowest BCUT2D eigenvalue weighted by Crippen LogP contribution is -2.18. The lowest BCUT2D eigenvalue weighted by atomic mass is 9.96. The summed E-state index contributed by atoms with van der Waals surface area (Å²) < 4.78 is 1.94. The van der Waals surface area contributed by atoms with Gasteiger partial charge in [-0.2, -0.15) is 5.10 Å². The van der Waals surface area contributed by atoms with Gasteiger partial charge in [-0.05, 0) is 49.2 Å². The van der Waals surface area contributed by atoms with Gasteiger partial charge in [0.1, 0.15) is 18.1 Å². The van der Waals surface area contributed by atoms with Crippen molar-refractivity contribution in [1.29, 1.82) is 0 Å². The monoisotopic (exact) mass is 404 g/mol. The van der Waals surface area contributed by atoms with Crippen LogP contribution in [-0.4, -0.2) is 38.3 Å². The van der Waals surface area contributed by atoms with Crippen molar-refractivity contribution >= 4 is 17.6 Å². The normalized spacial score (nSPS) is 18.2. The van der Waals surface area contributed by atoms with Crippen LogP contribution in [0, 0.1) is 18.8 Å². The second-order valence-electron chi connectivity index (χ2n) is 7.24. The van der Waals surface area contributed by atoms with Crippen molar-refractivity contribution in [2.75, 3.05) is 17.7 Å². The smallest absolute Gasteiger partial charge is 0.129 e. The number of aromatic nitrogens is 3. The minimum absolute atomic E-state index is 0.130. The Balaban J connectivity index is 1.87. The number of nitrogens with one attached hydrogen (secondary N) is 1. The van der Waals surface area contributed by atoms with E-state index in [4.69, 9.17) is 10.2 Å². The van der Waals surface area contributed by atoms with Gasteiger partial charge >= 0.3 is 0 Å². The SMILES string of the molecule is Cc1cc(C#CCO)ccc1[C@@H]1SC[C@@H](C)Nc2c1c(-c1ccccn1)nn2C. The molecule has 1 aliphatic heterocycles. The van der Waals surface area contributed by atoms with Crippen LogP contribution in [0.25, 0.3) is 11.4 Å². The molecule has 0 amide bonds. The Morgan fingerprint density at radius 1 is 1.31 bits per heavy atom. The van der Waals surface area contributed by atoms with E-state index < -0.39 is 0 Å². The van der Waals surface area contributed by atoms with Crippen LogP contribution in [0.2, 0.25) is 0 Å². The number of aliphatic hydroxyl groups excluding tert-OH is 1. The summed E-state index contributed by atoms with van der Waals surface area (Å²) in [4.78, 5) is 4.56. The highest BCUT2D eigenvalue weighted by Crippen LogP contribution is 2.47. The van der Waals surface area contributed by atoms with Crippen molar-refractivity contribution < 1.29 is 5.11 Å². The van der Waals surface area contributed by atoms with E-state index in [1.165, 1.54) is 16.7 Å². The van der Waals surface area contributed by atoms with Gasteiger partial charge < -0.3 is 10.4 Å². The molecular formula is C23H24N4OS. The van der Waals surface area contributed by atoms with Gasteiger partial charge in [0.05, 0.1) is 10.9 Å². The Kier molecular flexibility index (Phi) is 5.61. The number of rotatable bonds is 2. The molecule has 0 spiro atoms. The zero-order valence-electron chi connectivity index (χ0n) is 16.8. The highest BCUT2D eigenvalue weighted by Gasteiger charge is 2.31. The first kappa shape index (κ1) is 19.6. The second-order valence-corrected chi connectivity index (χ2v) is 8.38. The minimum Gasteiger partial charge on any atom is -0.384 e. The van der Waals surface area contributed by atoms with E-state index in [0.29, 0.717) is 6.04 Å². The number of anilines is 1. The van der Waals surface area contributed by atoms with E-state index in [-0.39, 0.29) is 11.9 Å². The molecule has 29 heavy (non-hydrogen) atoms. The average molecular weight is 405 g/mol. The van der Waals surface area contributed by atoms with Gasteiger partial charge in [0.25, 0.3) is 0 Å². The van der Waals surface area contributed by atoms with Gasteiger partial charge in [0.15, 0.2) is 0 Å². The molecule has 6 heteroatoms. The predicted octanol–water partition coefficient (Wildman–Crippen LogP) is 3.77. The molecule has 4 rings (SSSR count). The number of nitrogens with zero attached hydrogens (tertiary/aromatic N) is 3. The molecule has 0 fully saturated rings. The maximum absolute atomic E-state index is 8.96. The molecular weight excluding hydrogens is 380 g/mol. The number of thioether (sulfide) groups is 1. The first-order valence-corrected chi connectivity index (χ1v) is 10.7. The summed E-state index contributed by atoms with van der Waals surface area (Å²) in [5.74, 6) is 7.77. The molecule has 3 heterocycles. The summed E-state index contributed by atoms with van der Waals surface area (Å²) in [5.41, 5.74) is 6.34. The van der Waals surface area contributed by atoms with E-state index in [1.807, 2.05) is 54.0 Å². The van der Waals surface area contributed by atoms with Crippen molar-refractivity contribution in [2.24, 2.45) is 7.05 Å². The molecule has 0 aliphatic carbocycles. The van der Waals surface area contributed by atoms with Crippen LogP contribution in [0.1, 0.15) is 34.4 Å². The van der Waals surface area contributed by atoms with E-state index in [9.17, 15) is 0 Å². The maximum Gasteiger partial charge on any atom is 0.129 e. The van der Waals surface area contributed by atoms with Crippen molar-refractivity contribution in [3.05, 3.63) is 64.8 Å². The second kappa shape index (κ2) is 8.32. The van der Waals surface area contributed by atoms with Gasteiger partial charge in [-0.1, -0.05) is 24.0 Å². The number of aryl methyl sites for hydroxylation is 2. The number of benzene rings is 1. The largest absolute Gasteiger partial charge is 0.384 e. The fourth-order valence-electron chi connectivity index (χ4n) is 3.69. The van der Waals surface area contributed by atoms with Crippen LogP contribution in [0.3, 0.4) is 0 Å². The topological polar surface area (TPSA) is 63.0 Å². The first-order valence-electron chi connectivity index (χ1n) is 9.65. The van der Waals surface area contributed by atoms with Crippen LogP contribution in [0.5, 0.6) is 0 Å².